The van der Waals surface area contributed by atoms with Crippen molar-refractivity contribution in [2.24, 2.45) is 0 Å². The highest BCUT2D eigenvalue weighted by molar-refractivity contribution is 6.05. The minimum atomic E-state index is -0.271. The second-order valence-electron chi connectivity index (χ2n) is 6.10. The molecular formula is C22H19NO5. The van der Waals surface area contributed by atoms with Gasteiger partial charge in [-0.1, -0.05) is 18.2 Å². The van der Waals surface area contributed by atoms with Crippen LogP contribution < -0.4 is 24.3 Å². The van der Waals surface area contributed by atoms with Crippen molar-refractivity contribution in [1.29, 1.82) is 0 Å². The summed E-state index contributed by atoms with van der Waals surface area (Å²) in [5.74, 6) is 2.66. The summed E-state index contributed by atoms with van der Waals surface area (Å²) in [5, 5.41) is 2.86. The van der Waals surface area contributed by atoms with Crippen LogP contribution in [0.1, 0.15) is 10.4 Å². The SMILES string of the molecule is COc1cc(C(=O)Nc2ccc(Oc3ccccc3)cc2)cc2c1OCCO2. The Morgan fingerprint density at radius 3 is 2.39 bits per heavy atom. The first-order valence-corrected chi connectivity index (χ1v) is 8.85. The van der Waals surface area contributed by atoms with E-state index in [1.54, 1.807) is 36.4 Å². The first kappa shape index (κ1) is 17.7. The van der Waals surface area contributed by atoms with E-state index in [1.165, 1.54) is 7.11 Å². The molecule has 3 aromatic carbocycles. The van der Waals surface area contributed by atoms with Crippen molar-refractivity contribution in [3.8, 4) is 28.7 Å². The maximum atomic E-state index is 12.6. The smallest absolute Gasteiger partial charge is 0.255 e. The summed E-state index contributed by atoms with van der Waals surface area (Å²) in [6.45, 7) is 0.885. The van der Waals surface area contributed by atoms with Gasteiger partial charge < -0.3 is 24.3 Å². The second kappa shape index (κ2) is 7.92. The van der Waals surface area contributed by atoms with Crippen molar-refractivity contribution in [3.05, 3.63) is 72.3 Å². The van der Waals surface area contributed by atoms with Gasteiger partial charge in [-0.25, -0.2) is 0 Å². The number of para-hydroxylation sites is 1. The Hall–Kier alpha value is -3.67. The fourth-order valence-corrected chi connectivity index (χ4v) is 2.84. The van der Waals surface area contributed by atoms with Gasteiger partial charge in [0.05, 0.1) is 7.11 Å². The predicted octanol–water partition coefficient (Wildman–Crippen LogP) is 4.51. The zero-order valence-electron chi connectivity index (χ0n) is 15.3. The number of methoxy groups -OCH3 is 1. The standard InChI is InChI=1S/C22H19NO5/c1-25-19-13-15(14-20-21(19)27-12-11-26-20)22(24)23-16-7-9-18(10-8-16)28-17-5-3-2-4-6-17/h2-10,13-14H,11-12H2,1H3,(H,23,24). The van der Waals surface area contributed by atoms with E-state index in [9.17, 15) is 4.79 Å². The predicted molar refractivity (Wildman–Crippen MR) is 105 cm³/mol. The molecular weight excluding hydrogens is 358 g/mol. The Bertz CT molecular complexity index is 953. The third-order valence-corrected chi connectivity index (χ3v) is 4.18. The Morgan fingerprint density at radius 1 is 0.929 bits per heavy atom. The number of fused-ring (bicyclic) bond motifs is 1. The number of hydrogen-bond acceptors (Lipinski definition) is 5. The van der Waals surface area contributed by atoms with Gasteiger partial charge in [-0.15, -0.1) is 0 Å². The lowest BCUT2D eigenvalue weighted by molar-refractivity contribution is 0.102. The molecule has 0 saturated heterocycles. The molecule has 28 heavy (non-hydrogen) atoms. The number of benzene rings is 3. The van der Waals surface area contributed by atoms with Gasteiger partial charge in [-0.3, -0.25) is 4.79 Å². The lowest BCUT2D eigenvalue weighted by Gasteiger charge is -2.21. The molecule has 3 aromatic rings. The minimum absolute atomic E-state index is 0.271. The number of carbonyl (C=O) groups is 1. The molecule has 0 radical (unpaired) electrons. The summed E-state index contributed by atoms with van der Waals surface area (Å²) in [4.78, 5) is 12.6. The van der Waals surface area contributed by atoms with Crippen molar-refractivity contribution < 1.29 is 23.7 Å². The van der Waals surface area contributed by atoms with Crippen LogP contribution in [0.3, 0.4) is 0 Å². The van der Waals surface area contributed by atoms with Crippen molar-refractivity contribution in [2.75, 3.05) is 25.6 Å². The summed E-state index contributed by atoms with van der Waals surface area (Å²) in [5.41, 5.74) is 1.07. The van der Waals surface area contributed by atoms with Crippen molar-refractivity contribution >= 4 is 11.6 Å². The van der Waals surface area contributed by atoms with Crippen LogP contribution in [0, 0.1) is 0 Å². The van der Waals surface area contributed by atoms with E-state index in [0.29, 0.717) is 47.5 Å². The van der Waals surface area contributed by atoms with Gasteiger partial charge in [0, 0.05) is 11.3 Å². The van der Waals surface area contributed by atoms with Crippen molar-refractivity contribution in [2.45, 2.75) is 0 Å². The summed E-state index contributed by atoms with van der Waals surface area (Å²) in [6.07, 6.45) is 0. The van der Waals surface area contributed by atoms with E-state index in [4.69, 9.17) is 18.9 Å². The van der Waals surface area contributed by atoms with Gasteiger partial charge in [-0.2, -0.15) is 0 Å². The van der Waals surface area contributed by atoms with Gasteiger partial charge in [0.25, 0.3) is 5.91 Å². The number of anilines is 1. The van der Waals surface area contributed by atoms with E-state index in [0.717, 1.165) is 5.75 Å². The van der Waals surface area contributed by atoms with Gasteiger partial charge >= 0.3 is 0 Å². The highest BCUT2D eigenvalue weighted by atomic mass is 16.6. The lowest BCUT2D eigenvalue weighted by Crippen LogP contribution is -2.18. The summed E-state index contributed by atoms with van der Waals surface area (Å²) >= 11 is 0. The molecule has 0 aromatic heterocycles. The first-order chi connectivity index (χ1) is 13.7. The Balaban J connectivity index is 1.48. The Kier molecular flexibility index (Phi) is 5.01. The van der Waals surface area contributed by atoms with Gasteiger partial charge in [0.1, 0.15) is 24.7 Å². The fraction of sp³-hybridized carbons (Fsp3) is 0.136. The zero-order valence-corrected chi connectivity index (χ0v) is 15.3. The number of amides is 1. The van der Waals surface area contributed by atoms with Crippen LogP contribution >= 0.6 is 0 Å². The van der Waals surface area contributed by atoms with Crippen LogP contribution in [0.5, 0.6) is 28.7 Å². The molecule has 6 heteroatoms. The second-order valence-corrected chi connectivity index (χ2v) is 6.10. The molecule has 1 heterocycles. The summed E-state index contributed by atoms with van der Waals surface area (Å²) < 4.78 is 22.2. The normalized spacial score (nSPS) is 12.2. The van der Waals surface area contributed by atoms with Gasteiger partial charge in [-0.05, 0) is 48.5 Å². The zero-order chi connectivity index (χ0) is 19.3. The number of hydrogen-bond donors (Lipinski definition) is 1. The summed E-state index contributed by atoms with van der Waals surface area (Å²) in [7, 11) is 1.53. The molecule has 4 rings (SSSR count). The highest BCUT2D eigenvalue weighted by Crippen LogP contribution is 2.40. The van der Waals surface area contributed by atoms with Crippen LogP contribution in [0.2, 0.25) is 0 Å². The van der Waals surface area contributed by atoms with Crippen molar-refractivity contribution in [3.63, 3.8) is 0 Å². The van der Waals surface area contributed by atoms with Crippen LogP contribution in [0.15, 0.2) is 66.7 Å². The monoisotopic (exact) mass is 377 g/mol. The molecule has 1 aliphatic rings. The molecule has 6 nitrogen and oxygen atoms in total. The third kappa shape index (κ3) is 3.86. The van der Waals surface area contributed by atoms with E-state index in [2.05, 4.69) is 5.32 Å². The van der Waals surface area contributed by atoms with E-state index >= 15 is 0 Å². The number of nitrogens with one attached hydrogen (secondary N) is 1. The maximum Gasteiger partial charge on any atom is 0.255 e. The molecule has 0 fully saturated rings. The molecule has 0 atom stereocenters. The van der Waals surface area contributed by atoms with E-state index in [1.807, 2.05) is 30.3 Å². The average Bonchev–Trinajstić information content (AvgIpc) is 2.75. The number of rotatable bonds is 5. The van der Waals surface area contributed by atoms with Crippen LogP contribution in [0.4, 0.5) is 5.69 Å². The number of carbonyl (C=O) groups excluding carboxylic acids is 1. The molecule has 0 aliphatic carbocycles. The Labute approximate surface area is 162 Å². The van der Waals surface area contributed by atoms with Gasteiger partial charge in [0.15, 0.2) is 11.5 Å². The van der Waals surface area contributed by atoms with Crippen LogP contribution in [0.25, 0.3) is 0 Å². The first-order valence-electron chi connectivity index (χ1n) is 8.85. The molecule has 1 amide bonds. The van der Waals surface area contributed by atoms with Crippen LogP contribution in [-0.2, 0) is 0 Å². The summed E-state index contributed by atoms with van der Waals surface area (Å²) in [6, 6.07) is 20.0. The average molecular weight is 377 g/mol. The van der Waals surface area contributed by atoms with Gasteiger partial charge in [0.2, 0.25) is 5.75 Å². The largest absolute Gasteiger partial charge is 0.493 e. The molecule has 142 valence electrons. The lowest BCUT2D eigenvalue weighted by atomic mass is 10.1. The third-order valence-electron chi connectivity index (χ3n) is 4.18. The molecule has 1 aliphatic heterocycles. The highest BCUT2D eigenvalue weighted by Gasteiger charge is 2.21. The molecule has 0 saturated carbocycles. The number of ether oxygens (including phenoxy) is 4. The van der Waals surface area contributed by atoms with Crippen molar-refractivity contribution in [1.82, 2.24) is 0 Å². The molecule has 0 bridgehead atoms. The molecule has 0 unspecified atom stereocenters. The van der Waals surface area contributed by atoms with E-state index in [-0.39, 0.29) is 5.91 Å². The topological polar surface area (TPSA) is 66.0 Å². The Morgan fingerprint density at radius 2 is 1.64 bits per heavy atom. The fourth-order valence-electron chi connectivity index (χ4n) is 2.84. The molecule has 0 spiro atoms. The van der Waals surface area contributed by atoms with Crippen LogP contribution in [-0.4, -0.2) is 26.2 Å². The minimum Gasteiger partial charge on any atom is -0.493 e. The maximum absolute atomic E-state index is 12.6. The quantitative estimate of drug-likeness (QED) is 0.709. The molecule has 1 N–H and O–H groups in total. The van der Waals surface area contributed by atoms with E-state index < -0.39 is 0 Å².